The van der Waals surface area contributed by atoms with E-state index in [-0.39, 0.29) is 25.0 Å². The Bertz CT molecular complexity index is 887. The van der Waals surface area contributed by atoms with E-state index >= 15 is 0 Å². The van der Waals surface area contributed by atoms with Crippen LogP contribution >= 0.6 is 0 Å². The first-order valence-electron chi connectivity index (χ1n) is 17.2. The first kappa shape index (κ1) is 50.6. The summed E-state index contributed by atoms with van der Waals surface area (Å²) in [6.07, 6.45) is -2.57. The summed E-state index contributed by atoms with van der Waals surface area (Å²) in [5, 5.41) is 7.12. The first-order valence-corrected chi connectivity index (χ1v) is 17.2. The molecule has 3 N–H and O–H groups in total. The molecule has 0 aliphatic carbocycles. The van der Waals surface area contributed by atoms with Gasteiger partial charge in [0.05, 0.1) is 165 Å². The summed E-state index contributed by atoms with van der Waals surface area (Å²) in [6.45, 7) is 12.3. The maximum Gasteiger partial charge on any atom is 0.490 e. The Hall–Kier alpha value is -2.38. The zero-order valence-electron chi connectivity index (χ0n) is 30.3. The zero-order valence-corrected chi connectivity index (χ0v) is 30.3. The van der Waals surface area contributed by atoms with Gasteiger partial charge in [-0.15, -0.1) is 0 Å². The number of carboxylic acid groups (broad SMARTS) is 1. The minimum absolute atomic E-state index is 0.239. The summed E-state index contributed by atoms with van der Waals surface area (Å²) in [4.78, 5) is 32.8. The van der Waals surface area contributed by atoms with Crippen LogP contribution in [0.4, 0.5) is 13.2 Å². The molecule has 0 saturated carbocycles. The molecular weight excluding hydrogens is 725 g/mol. The molecule has 21 heteroatoms. The van der Waals surface area contributed by atoms with Gasteiger partial charge in [-0.2, -0.15) is 13.2 Å². The summed E-state index contributed by atoms with van der Waals surface area (Å²) >= 11 is 0. The zero-order chi connectivity index (χ0) is 39.1. The molecule has 1 rings (SSSR count). The van der Waals surface area contributed by atoms with Gasteiger partial charge in [0.2, 0.25) is 0 Å². The number of alkyl halides is 3. The number of hydrogen-bond donors (Lipinski definition) is 2. The van der Waals surface area contributed by atoms with Crippen LogP contribution in [0.2, 0.25) is 0 Å². The largest absolute Gasteiger partial charge is 0.490 e. The van der Waals surface area contributed by atoms with Crippen molar-refractivity contribution < 1.29 is 89.5 Å². The second kappa shape index (κ2) is 37.9. The highest BCUT2D eigenvalue weighted by Crippen LogP contribution is 2.13. The number of carboxylic acids is 1. The fraction of sp³-hybridized carbons (Fsp3) is 0.844. The molecule has 0 radical (unpaired) electrons. The Morgan fingerprint density at radius 2 is 0.660 bits per heavy atom. The average Bonchev–Trinajstić information content (AvgIpc) is 3.45. The van der Waals surface area contributed by atoms with Gasteiger partial charge >= 0.3 is 12.1 Å². The molecule has 53 heavy (non-hydrogen) atoms. The molecule has 0 bridgehead atoms. The van der Waals surface area contributed by atoms with Crippen molar-refractivity contribution in [1.29, 1.82) is 0 Å². The third-order valence-electron chi connectivity index (χ3n) is 5.96. The average molecular weight is 783 g/mol. The number of hydrogen-bond acceptors (Lipinski definition) is 16. The van der Waals surface area contributed by atoms with Gasteiger partial charge in [-0.3, -0.25) is 14.5 Å². The van der Waals surface area contributed by atoms with Gasteiger partial charge in [-0.1, -0.05) is 0 Å². The summed E-state index contributed by atoms with van der Waals surface area (Å²) in [7, 11) is 0. The van der Waals surface area contributed by atoms with E-state index in [0.29, 0.717) is 159 Å². The predicted molar refractivity (Wildman–Crippen MR) is 178 cm³/mol. The molecular formula is C32H57F3N2O16. The molecule has 0 aromatic carbocycles. The molecule has 0 aromatic heterocycles. The maximum absolute atomic E-state index is 11.4. The first-order chi connectivity index (χ1) is 25.7. The fourth-order valence-corrected chi connectivity index (χ4v) is 3.41. The lowest BCUT2D eigenvalue weighted by atomic mass is 10.5. The third kappa shape index (κ3) is 36.4. The van der Waals surface area contributed by atoms with Gasteiger partial charge in [-0.25, -0.2) is 4.79 Å². The van der Waals surface area contributed by atoms with Crippen LogP contribution in [0.15, 0.2) is 12.2 Å². The Morgan fingerprint density at radius 1 is 0.472 bits per heavy atom. The van der Waals surface area contributed by atoms with Crippen LogP contribution in [0.3, 0.4) is 0 Å². The molecule has 1 heterocycles. The highest BCUT2D eigenvalue weighted by atomic mass is 19.4. The number of nitrogens with zero attached hydrogens (tertiary/aromatic N) is 1. The van der Waals surface area contributed by atoms with Crippen molar-refractivity contribution in [2.75, 3.05) is 172 Å². The molecule has 312 valence electrons. The molecule has 0 atom stereocenters. The van der Waals surface area contributed by atoms with E-state index in [9.17, 15) is 22.8 Å². The van der Waals surface area contributed by atoms with Crippen LogP contribution in [-0.2, 0) is 71.2 Å². The molecule has 0 aromatic rings. The van der Waals surface area contributed by atoms with E-state index in [1.165, 1.54) is 12.2 Å². The van der Waals surface area contributed by atoms with Gasteiger partial charge in [-0.05, 0) is 0 Å². The topological polar surface area (TPSA) is 211 Å². The Labute approximate surface area is 308 Å². The van der Waals surface area contributed by atoms with Crippen LogP contribution in [-0.4, -0.2) is 206 Å². The monoisotopic (exact) mass is 782 g/mol. The number of imide groups is 1. The Kier molecular flexibility index (Phi) is 36.2. The Balaban J connectivity index is 0.00000348. The van der Waals surface area contributed by atoms with Crippen LogP contribution in [0.5, 0.6) is 0 Å². The molecule has 2 amide bonds. The number of ether oxygens (including phenoxy) is 12. The van der Waals surface area contributed by atoms with Crippen molar-refractivity contribution in [3.05, 3.63) is 12.2 Å². The summed E-state index contributed by atoms with van der Waals surface area (Å²) < 4.78 is 96.6. The molecule has 0 spiro atoms. The van der Waals surface area contributed by atoms with Crippen LogP contribution in [0.1, 0.15) is 0 Å². The van der Waals surface area contributed by atoms with Crippen LogP contribution in [0.25, 0.3) is 0 Å². The van der Waals surface area contributed by atoms with E-state index in [1.807, 2.05) is 0 Å². The number of aliphatic carboxylic acids is 1. The normalized spacial score (nSPS) is 12.9. The van der Waals surface area contributed by atoms with Crippen LogP contribution < -0.4 is 5.73 Å². The van der Waals surface area contributed by atoms with E-state index in [4.69, 9.17) is 72.5 Å². The van der Waals surface area contributed by atoms with E-state index < -0.39 is 12.1 Å². The molecule has 0 unspecified atom stereocenters. The van der Waals surface area contributed by atoms with Crippen molar-refractivity contribution in [3.63, 3.8) is 0 Å². The number of halogens is 3. The van der Waals surface area contributed by atoms with Gasteiger partial charge in [0.25, 0.3) is 11.8 Å². The van der Waals surface area contributed by atoms with Crippen molar-refractivity contribution in [2.24, 2.45) is 5.73 Å². The number of carbonyl (C=O) groups is 3. The van der Waals surface area contributed by atoms with Gasteiger partial charge in [0, 0.05) is 18.7 Å². The second-order valence-electron chi connectivity index (χ2n) is 10.1. The number of amides is 2. The van der Waals surface area contributed by atoms with Crippen molar-refractivity contribution in [2.45, 2.75) is 6.18 Å². The highest BCUT2D eigenvalue weighted by molar-refractivity contribution is 6.12. The minimum Gasteiger partial charge on any atom is -0.475 e. The number of rotatable bonds is 38. The SMILES string of the molecule is NCCOCCOCCOCCOCCOCCOCCOCCOCCOCCOCCOCCOCCN1C(=O)C=CC1=O.O=C(O)C(F)(F)F. The van der Waals surface area contributed by atoms with Crippen molar-refractivity contribution in [1.82, 2.24) is 4.90 Å². The molecule has 18 nitrogen and oxygen atoms in total. The van der Waals surface area contributed by atoms with Gasteiger partial charge < -0.3 is 67.7 Å². The number of nitrogens with two attached hydrogens (primary N) is 1. The standard InChI is InChI=1S/C30H56N2O14.C2HF3O2/c31-3-5-35-7-9-37-11-13-39-15-17-41-19-21-43-23-25-45-27-28-46-26-24-44-22-20-42-18-16-40-14-12-38-10-8-36-6-4-32-29(33)1-2-30(32)34;3-2(4,5)1(6)7/h1-2H,3-28,31H2;(H,6,7). The Morgan fingerprint density at radius 3 is 0.849 bits per heavy atom. The van der Waals surface area contributed by atoms with Crippen molar-refractivity contribution in [3.8, 4) is 0 Å². The second-order valence-corrected chi connectivity index (χ2v) is 10.1. The summed E-state index contributed by atoms with van der Waals surface area (Å²) in [5.41, 5.74) is 5.33. The molecule has 1 aliphatic rings. The minimum atomic E-state index is -5.08. The smallest absolute Gasteiger partial charge is 0.475 e. The maximum atomic E-state index is 11.4. The fourth-order valence-electron chi connectivity index (χ4n) is 3.41. The van der Waals surface area contributed by atoms with E-state index in [0.717, 1.165) is 4.90 Å². The number of carbonyl (C=O) groups excluding carboxylic acids is 2. The highest BCUT2D eigenvalue weighted by Gasteiger charge is 2.38. The quantitative estimate of drug-likeness (QED) is 0.0608. The van der Waals surface area contributed by atoms with Crippen molar-refractivity contribution >= 4 is 17.8 Å². The third-order valence-corrected chi connectivity index (χ3v) is 5.96. The van der Waals surface area contributed by atoms with E-state index in [1.54, 1.807) is 0 Å². The van der Waals surface area contributed by atoms with E-state index in [2.05, 4.69) is 0 Å². The lowest BCUT2D eigenvalue weighted by molar-refractivity contribution is -0.192. The van der Waals surface area contributed by atoms with Gasteiger partial charge in [0.1, 0.15) is 0 Å². The van der Waals surface area contributed by atoms with Crippen LogP contribution in [0, 0.1) is 0 Å². The lowest BCUT2D eigenvalue weighted by Gasteiger charge is -2.13. The summed E-state index contributed by atoms with van der Waals surface area (Å²) in [6, 6.07) is 0. The summed E-state index contributed by atoms with van der Waals surface area (Å²) in [5.74, 6) is -3.37. The van der Waals surface area contributed by atoms with Gasteiger partial charge in [0.15, 0.2) is 0 Å². The lowest BCUT2D eigenvalue weighted by Crippen LogP contribution is -2.33. The molecule has 1 aliphatic heterocycles. The molecule has 0 saturated heterocycles. The molecule has 0 fully saturated rings. The predicted octanol–water partition coefficient (Wildman–Crippen LogP) is -0.297.